The lowest BCUT2D eigenvalue weighted by molar-refractivity contribution is -0.119. The molecule has 0 aliphatic heterocycles. The van der Waals surface area contributed by atoms with Crippen molar-refractivity contribution in [2.24, 2.45) is 0 Å². The molecule has 94 valence electrons. The minimum atomic E-state index is -0.0383. The van der Waals surface area contributed by atoms with Crippen molar-refractivity contribution in [1.29, 1.82) is 0 Å². The van der Waals surface area contributed by atoms with Gasteiger partial charge in [0.05, 0.1) is 11.5 Å². The third kappa shape index (κ3) is 2.33. The quantitative estimate of drug-likeness (QED) is 0.849. The van der Waals surface area contributed by atoms with E-state index >= 15 is 0 Å². The molecule has 6 heteroatoms. The molecule has 18 heavy (non-hydrogen) atoms. The van der Waals surface area contributed by atoms with E-state index in [9.17, 15) is 4.79 Å². The number of hydrogen-bond acceptors (Lipinski definition) is 6. The van der Waals surface area contributed by atoms with Gasteiger partial charge in [-0.2, -0.15) is 0 Å². The molecule has 2 aromatic heterocycles. The van der Waals surface area contributed by atoms with Crippen LogP contribution in [0.3, 0.4) is 0 Å². The summed E-state index contributed by atoms with van der Waals surface area (Å²) in [5.41, 5.74) is 0. The summed E-state index contributed by atoms with van der Waals surface area (Å²) in [6, 6.07) is 3.52. The summed E-state index contributed by atoms with van der Waals surface area (Å²) in [7, 11) is 0. The number of aromatic nitrogens is 2. The maximum Gasteiger partial charge on any atom is 0.284 e. The molecular formula is C12H12N2O3S. The van der Waals surface area contributed by atoms with Crippen LogP contribution in [0.1, 0.15) is 25.7 Å². The van der Waals surface area contributed by atoms with Crippen LogP contribution < -0.4 is 0 Å². The normalized spacial score (nSPS) is 20.2. The van der Waals surface area contributed by atoms with Crippen LogP contribution in [0.15, 0.2) is 32.5 Å². The fourth-order valence-corrected chi connectivity index (χ4v) is 2.95. The van der Waals surface area contributed by atoms with Crippen LogP contribution in [0, 0.1) is 0 Å². The molecule has 1 atom stereocenters. The molecule has 0 saturated heterocycles. The maximum atomic E-state index is 11.7. The Morgan fingerprint density at radius 2 is 2.28 bits per heavy atom. The molecule has 0 N–H and O–H groups in total. The van der Waals surface area contributed by atoms with E-state index in [2.05, 4.69) is 10.2 Å². The molecule has 2 aromatic rings. The van der Waals surface area contributed by atoms with E-state index in [1.54, 1.807) is 18.4 Å². The van der Waals surface area contributed by atoms with Crippen LogP contribution in [0.4, 0.5) is 0 Å². The number of nitrogens with zero attached hydrogens (tertiary/aromatic N) is 2. The number of thioether (sulfide) groups is 1. The first-order chi connectivity index (χ1) is 8.83. The van der Waals surface area contributed by atoms with E-state index in [-0.39, 0.29) is 11.0 Å². The molecule has 1 aliphatic rings. The Bertz CT molecular complexity index is 535. The molecule has 3 rings (SSSR count). The predicted octanol–water partition coefficient (Wildman–Crippen LogP) is 2.93. The summed E-state index contributed by atoms with van der Waals surface area (Å²) >= 11 is 1.36. The lowest BCUT2D eigenvalue weighted by atomic mass is 9.99. The maximum absolute atomic E-state index is 11.7. The summed E-state index contributed by atoms with van der Waals surface area (Å²) in [5, 5.41) is 8.24. The van der Waals surface area contributed by atoms with Gasteiger partial charge in [0.1, 0.15) is 5.78 Å². The zero-order valence-electron chi connectivity index (χ0n) is 9.67. The number of rotatable bonds is 3. The number of carbonyl (C=O) groups excluding carboxylic acids is 1. The highest BCUT2D eigenvalue weighted by molar-refractivity contribution is 8.00. The summed E-state index contributed by atoms with van der Waals surface area (Å²) in [6.07, 6.45) is 5.19. The molecule has 0 aromatic carbocycles. The second-order valence-electron chi connectivity index (χ2n) is 4.17. The van der Waals surface area contributed by atoms with Crippen molar-refractivity contribution >= 4 is 17.5 Å². The summed E-state index contributed by atoms with van der Waals surface area (Å²) in [6.45, 7) is 0. The Kier molecular flexibility index (Phi) is 3.19. The van der Waals surface area contributed by atoms with Crippen LogP contribution >= 0.6 is 11.8 Å². The molecular weight excluding hydrogens is 252 g/mol. The first-order valence-electron chi connectivity index (χ1n) is 5.90. The number of furan rings is 1. The Morgan fingerprint density at radius 3 is 3.06 bits per heavy atom. The molecule has 2 heterocycles. The van der Waals surface area contributed by atoms with Crippen molar-refractivity contribution in [2.75, 3.05) is 0 Å². The number of hydrogen-bond donors (Lipinski definition) is 0. The smallest absolute Gasteiger partial charge is 0.284 e. The van der Waals surface area contributed by atoms with E-state index in [1.807, 2.05) is 0 Å². The predicted molar refractivity (Wildman–Crippen MR) is 65.1 cm³/mol. The van der Waals surface area contributed by atoms with E-state index in [4.69, 9.17) is 8.83 Å². The number of ketones is 1. The zero-order chi connectivity index (χ0) is 12.4. The Hall–Kier alpha value is -1.56. The van der Waals surface area contributed by atoms with E-state index in [0.29, 0.717) is 23.3 Å². The van der Waals surface area contributed by atoms with Gasteiger partial charge in [-0.25, -0.2) is 0 Å². The second-order valence-corrected chi connectivity index (χ2v) is 5.32. The van der Waals surface area contributed by atoms with Gasteiger partial charge in [0.2, 0.25) is 0 Å². The van der Waals surface area contributed by atoms with Crippen LogP contribution in [0.25, 0.3) is 11.7 Å². The molecule has 0 spiro atoms. The first kappa shape index (κ1) is 11.5. The highest BCUT2D eigenvalue weighted by Crippen LogP contribution is 2.32. The van der Waals surface area contributed by atoms with Crippen molar-refractivity contribution in [3.05, 3.63) is 18.4 Å². The molecule has 1 aliphatic carbocycles. The lowest BCUT2D eigenvalue weighted by Gasteiger charge is -2.17. The molecule has 0 amide bonds. The third-order valence-electron chi connectivity index (χ3n) is 2.88. The molecule has 0 unspecified atom stereocenters. The van der Waals surface area contributed by atoms with E-state index in [0.717, 1.165) is 19.3 Å². The van der Waals surface area contributed by atoms with Crippen LogP contribution in [-0.2, 0) is 4.79 Å². The van der Waals surface area contributed by atoms with Gasteiger partial charge in [0.15, 0.2) is 5.76 Å². The average Bonchev–Trinajstić information content (AvgIpc) is 3.02. The van der Waals surface area contributed by atoms with Gasteiger partial charge in [-0.15, -0.1) is 10.2 Å². The Balaban J connectivity index is 1.72. The van der Waals surface area contributed by atoms with Crippen molar-refractivity contribution in [3.8, 4) is 11.7 Å². The van der Waals surface area contributed by atoms with Crippen molar-refractivity contribution in [3.63, 3.8) is 0 Å². The molecule has 5 nitrogen and oxygen atoms in total. The topological polar surface area (TPSA) is 69.1 Å². The highest BCUT2D eigenvalue weighted by Gasteiger charge is 2.25. The molecule has 0 radical (unpaired) electrons. The van der Waals surface area contributed by atoms with Crippen LogP contribution in [-0.4, -0.2) is 21.2 Å². The first-order valence-corrected chi connectivity index (χ1v) is 6.77. The Labute approximate surface area is 108 Å². The number of Topliss-reactive ketones (excluding diaryl/α,β-unsaturated/α-hetero) is 1. The summed E-state index contributed by atoms with van der Waals surface area (Å²) < 4.78 is 10.6. The highest BCUT2D eigenvalue weighted by atomic mass is 32.2. The fraction of sp³-hybridized carbons (Fsp3) is 0.417. The average molecular weight is 264 g/mol. The summed E-state index contributed by atoms with van der Waals surface area (Å²) in [5.74, 6) is 1.18. The van der Waals surface area contributed by atoms with E-state index < -0.39 is 0 Å². The largest absolute Gasteiger partial charge is 0.459 e. The zero-order valence-corrected chi connectivity index (χ0v) is 10.5. The minimum absolute atomic E-state index is 0.0383. The van der Waals surface area contributed by atoms with Crippen molar-refractivity contribution < 1.29 is 13.6 Å². The lowest BCUT2D eigenvalue weighted by Crippen LogP contribution is -2.21. The van der Waals surface area contributed by atoms with Gasteiger partial charge < -0.3 is 8.83 Å². The van der Waals surface area contributed by atoms with Gasteiger partial charge in [0.25, 0.3) is 11.1 Å². The van der Waals surface area contributed by atoms with Crippen molar-refractivity contribution in [2.45, 2.75) is 36.2 Å². The monoisotopic (exact) mass is 264 g/mol. The fourth-order valence-electron chi connectivity index (χ4n) is 1.95. The van der Waals surface area contributed by atoms with Gasteiger partial charge in [-0.3, -0.25) is 4.79 Å². The van der Waals surface area contributed by atoms with Gasteiger partial charge in [-0.05, 0) is 25.0 Å². The molecule has 1 fully saturated rings. The Morgan fingerprint density at radius 1 is 1.33 bits per heavy atom. The number of carbonyl (C=O) groups is 1. The second kappa shape index (κ2) is 4.97. The van der Waals surface area contributed by atoms with Crippen molar-refractivity contribution in [1.82, 2.24) is 10.2 Å². The SMILES string of the molecule is O=C1CCCC[C@@H]1Sc1nnc(-c2ccco2)o1. The standard InChI is InChI=1S/C12H12N2O3S/c15-8-4-1-2-6-10(8)18-12-14-13-11(17-12)9-5-3-7-16-9/h3,5,7,10H,1-2,4,6H2/t10-/m0/s1. The third-order valence-corrected chi connectivity index (χ3v) is 4.03. The minimum Gasteiger partial charge on any atom is -0.459 e. The molecule has 1 saturated carbocycles. The molecule has 0 bridgehead atoms. The van der Waals surface area contributed by atoms with Gasteiger partial charge in [-0.1, -0.05) is 18.2 Å². The van der Waals surface area contributed by atoms with E-state index in [1.165, 1.54) is 11.8 Å². The van der Waals surface area contributed by atoms with Crippen LogP contribution in [0.5, 0.6) is 0 Å². The van der Waals surface area contributed by atoms with Crippen LogP contribution in [0.2, 0.25) is 0 Å². The van der Waals surface area contributed by atoms with Gasteiger partial charge >= 0.3 is 0 Å². The van der Waals surface area contributed by atoms with Gasteiger partial charge in [0, 0.05) is 6.42 Å². The summed E-state index contributed by atoms with van der Waals surface area (Å²) in [4.78, 5) is 11.7.